The van der Waals surface area contributed by atoms with Crippen molar-refractivity contribution in [3.8, 4) is 0 Å². The van der Waals surface area contributed by atoms with Crippen molar-refractivity contribution < 1.29 is 4.79 Å². The van der Waals surface area contributed by atoms with Crippen molar-refractivity contribution in [1.82, 2.24) is 10.0 Å². The van der Waals surface area contributed by atoms with E-state index in [2.05, 4.69) is 0 Å². The highest BCUT2D eigenvalue weighted by molar-refractivity contribution is 5.72. The number of hydrogen-bond donors (Lipinski definition) is 0. The number of amides is 1. The van der Waals surface area contributed by atoms with Crippen molar-refractivity contribution in [3.05, 3.63) is 0 Å². The Hall–Kier alpha value is -0.570. The molecule has 0 aromatic rings. The van der Waals surface area contributed by atoms with Crippen molar-refractivity contribution in [1.29, 1.82) is 0 Å². The molecule has 0 saturated heterocycles. The van der Waals surface area contributed by atoms with E-state index in [4.69, 9.17) is 0 Å². The fourth-order valence-corrected chi connectivity index (χ4v) is 0.787. The van der Waals surface area contributed by atoms with Crippen LogP contribution in [-0.2, 0) is 4.79 Å². The van der Waals surface area contributed by atoms with Crippen LogP contribution in [0.4, 0.5) is 0 Å². The largest absolute Gasteiger partial charge is 0.276 e. The van der Waals surface area contributed by atoms with Gasteiger partial charge in [0.05, 0.1) is 0 Å². The molecule has 0 aliphatic rings. The highest BCUT2D eigenvalue weighted by Gasteiger charge is 2.05. The Morgan fingerprint density at radius 2 is 1.89 bits per heavy atom. The summed E-state index contributed by atoms with van der Waals surface area (Å²) in [7, 11) is 3.70. The van der Waals surface area contributed by atoms with Crippen LogP contribution in [-0.4, -0.2) is 36.6 Å². The quantitative estimate of drug-likeness (QED) is 0.503. The van der Waals surface area contributed by atoms with Crippen LogP contribution in [0, 0.1) is 0 Å². The van der Waals surface area contributed by atoms with Gasteiger partial charge in [0.2, 0.25) is 5.91 Å². The van der Waals surface area contributed by atoms with Crippen LogP contribution in [0.15, 0.2) is 0 Å². The topological polar surface area (TPSA) is 23.6 Å². The minimum atomic E-state index is 0.0856. The molecule has 54 valence electrons. The molecule has 0 heterocycles. The summed E-state index contributed by atoms with van der Waals surface area (Å²) >= 11 is 0. The first kappa shape index (κ1) is 8.43. The molecule has 0 fully saturated rings. The molecule has 0 unspecified atom stereocenters. The second kappa shape index (κ2) is 3.45. The number of nitrogens with zero attached hydrogens (tertiary/aromatic N) is 2. The molecule has 1 amide bonds. The van der Waals surface area contributed by atoms with Crippen LogP contribution in [0.2, 0.25) is 0 Å². The standard InChI is InChI=1S/C6H14N2O/c1-5-8(6(2)9)7(3)4/h5H2,1-4H3. The van der Waals surface area contributed by atoms with Gasteiger partial charge in [-0.15, -0.1) is 0 Å². The maximum Gasteiger partial charge on any atom is 0.233 e. The van der Waals surface area contributed by atoms with Crippen LogP contribution in [0.25, 0.3) is 0 Å². The zero-order chi connectivity index (χ0) is 7.44. The summed E-state index contributed by atoms with van der Waals surface area (Å²) in [4.78, 5) is 10.7. The normalized spacial score (nSPS) is 9.89. The minimum Gasteiger partial charge on any atom is -0.276 e. The monoisotopic (exact) mass is 130 g/mol. The Kier molecular flexibility index (Phi) is 3.24. The summed E-state index contributed by atoms with van der Waals surface area (Å²) in [5.74, 6) is 0.0856. The lowest BCUT2D eigenvalue weighted by atomic mass is 10.6. The molecule has 0 radical (unpaired) electrons. The third kappa shape index (κ3) is 2.46. The van der Waals surface area contributed by atoms with Gasteiger partial charge in [-0.1, -0.05) is 0 Å². The van der Waals surface area contributed by atoms with Crippen LogP contribution in [0.3, 0.4) is 0 Å². The second-order valence-electron chi connectivity index (χ2n) is 2.08. The predicted molar refractivity (Wildman–Crippen MR) is 36.7 cm³/mol. The van der Waals surface area contributed by atoms with Crippen LogP contribution >= 0.6 is 0 Å². The Balaban J connectivity index is 3.83. The van der Waals surface area contributed by atoms with Gasteiger partial charge >= 0.3 is 0 Å². The summed E-state index contributed by atoms with van der Waals surface area (Å²) in [6, 6.07) is 0. The highest BCUT2D eigenvalue weighted by atomic mass is 16.2. The highest BCUT2D eigenvalue weighted by Crippen LogP contribution is 1.89. The lowest BCUT2D eigenvalue weighted by Crippen LogP contribution is -2.40. The molecule has 3 heteroatoms. The maximum atomic E-state index is 10.7. The average Bonchev–Trinajstić information content (AvgIpc) is 1.64. The molecule has 0 N–H and O–H groups in total. The average molecular weight is 130 g/mol. The van der Waals surface area contributed by atoms with E-state index < -0.39 is 0 Å². The number of hydrogen-bond acceptors (Lipinski definition) is 2. The molecule has 3 nitrogen and oxygen atoms in total. The molecule has 0 aromatic heterocycles. The van der Waals surface area contributed by atoms with E-state index in [9.17, 15) is 4.79 Å². The molecule has 0 bridgehead atoms. The van der Waals surface area contributed by atoms with E-state index in [1.807, 2.05) is 21.0 Å². The molecule has 0 atom stereocenters. The number of carbonyl (C=O) groups excluding carboxylic acids is 1. The van der Waals surface area contributed by atoms with E-state index in [0.717, 1.165) is 6.54 Å². The zero-order valence-corrected chi connectivity index (χ0v) is 6.51. The summed E-state index contributed by atoms with van der Waals surface area (Å²) in [5, 5.41) is 3.43. The van der Waals surface area contributed by atoms with Crippen molar-refractivity contribution in [2.24, 2.45) is 0 Å². The molecular weight excluding hydrogens is 116 g/mol. The van der Waals surface area contributed by atoms with Gasteiger partial charge in [-0.25, -0.2) is 5.01 Å². The van der Waals surface area contributed by atoms with Gasteiger partial charge in [-0.05, 0) is 6.92 Å². The fraction of sp³-hybridized carbons (Fsp3) is 0.833. The summed E-state index contributed by atoms with van der Waals surface area (Å²) in [5.41, 5.74) is 0. The third-order valence-electron chi connectivity index (χ3n) is 1.15. The zero-order valence-electron chi connectivity index (χ0n) is 6.51. The number of carbonyl (C=O) groups is 1. The molecule has 9 heavy (non-hydrogen) atoms. The van der Waals surface area contributed by atoms with Crippen molar-refractivity contribution in [3.63, 3.8) is 0 Å². The van der Waals surface area contributed by atoms with Crippen molar-refractivity contribution in [2.75, 3.05) is 20.6 Å². The van der Waals surface area contributed by atoms with E-state index in [-0.39, 0.29) is 5.91 Å². The summed E-state index contributed by atoms with van der Waals surface area (Å²) < 4.78 is 0. The first-order chi connectivity index (χ1) is 4.09. The van der Waals surface area contributed by atoms with Crippen LogP contribution in [0.1, 0.15) is 13.8 Å². The smallest absolute Gasteiger partial charge is 0.233 e. The summed E-state index contributed by atoms with van der Waals surface area (Å²) in [6.45, 7) is 4.24. The first-order valence-corrected chi connectivity index (χ1v) is 3.05. The lowest BCUT2D eigenvalue weighted by Gasteiger charge is -2.25. The summed E-state index contributed by atoms with van der Waals surface area (Å²) in [6.07, 6.45) is 0. The van der Waals surface area contributed by atoms with Gasteiger partial charge in [0.1, 0.15) is 0 Å². The minimum absolute atomic E-state index is 0.0856. The molecule has 0 rings (SSSR count). The Morgan fingerprint density at radius 1 is 1.44 bits per heavy atom. The molecular formula is C6H14N2O. The molecule has 0 spiro atoms. The fourth-order valence-electron chi connectivity index (χ4n) is 0.787. The van der Waals surface area contributed by atoms with Crippen molar-refractivity contribution in [2.45, 2.75) is 13.8 Å². The Labute approximate surface area is 56.2 Å². The van der Waals surface area contributed by atoms with Crippen molar-refractivity contribution >= 4 is 5.91 Å². The van der Waals surface area contributed by atoms with Gasteiger partial charge < -0.3 is 0 Å². The van der Waals surface area contributed by atoms with Crippen LogP contribution in [0.5, 0.6) is 0 Å². The molecule has 0 aliphatic carbocycles. The van der Waals surface area contributed by atoms with Gasteiger partial charge in [-0.3, -0.25) is 9.80 Å². The van der Waals surface area contributed by atoms with Gasteiger partial charge in [0, 0.05) is 27.6 Å². The lowest BCUT2D eigenvalue weighted by molar-refractivity contribution is -0.141. The Morgan fingerprint density at radius 3 is 1.89 bits per heavy atom. The molecule has 0 saturated carbocycles. The number of rotatable bonds is 2. The van der Waals surface area contributed by atoms with Gasteiger partial charge in [0.25, 0.3) is 0 Å². The SMILES string of the molecule is CCN(C(C)=O)N(C)C. The number of hydrazine groups is 1. The molecule has 0 aromatic carbocycles. The predicted octanol–water partition coefficient (Wildman–Crippen LogP) is 0.331. The third-order valence-corrected chi connectivity index (χ3v) is 1.15. The van der Waals surface area contributed by atoms with Gasteiger partial charge in [0.15, 0.2) is 0 Å². The molecule has 0 aliphatic heterocycles. The van der Waals surface area contributed by atoms with E-state index in [1.165, 1.54) is 0 Å². The second-order valence-corrected chi connectivity index (χ2v) is 2.08. The van der Waals surface area contributed by atoms with E-state index >= 15 is 0 Å². The van der Waals surface area contributed by atoms with E-state index in [1.54, 1.807) is 16.9 Å². The van der Waals surface area contributed by atoms with Gasteiger partial charge in [-0.2, -0.15) is 0 Å². The maximum absolute atomic E-state index is 10.7. The van der Waals surface area contributed by atoms with Crippen LogP contribution < -0.4 is 0 Å². The van der Waals surface area contributed by atoms with E-state index in [0.29, 0.717) is 0 Å². The first-order valence-electron chi connectivity index (χ1n) is 3.05. The Bertz CT molecular complexity index is 101.